The molecule has 0 N–H and O–H groups in total. The van der Waals surface area contributed by atoms with Crippen molar-refractivity contribution >= 4 is 11.9 Å². The van der Waals surface area contributed by atoms with Gasteiger partial charge in [-0.2, -0.15) is 0 Å². The SMILES string of the molecule is CC(=O)OC1CC/C(=C\C(=O)O[C@@H]2[C@H]3CC[C@@](C)([C@@H]2OCC(C)(C)C)C3(C)C)C1. The Morgan fingerprint density at radius 3 is 2.45 bits per heavy atom. The number of hydrogen-bond acceptors (Lipinski definition) is 5. The van der Waals surface area contributed by atoms with Crippen LogP contribution >= 0.6 is 0 Å². The zero-order valence-corrected chi connectivity index (χ0v) is 19.2. The molecule has 0 radical (unpaired) electrons. The number of ether oxygens (including phenoxy) is 3. The van der Waals surface area contributed by atoms with E-state index in [2.05, 4.69) is 41.5 Å². The van der Waals surface area contributed by atoms with Crippen LogP contribution in [0.4, 0.5) is 0 Å². The molecule has 0 aliphatic heterocycles. The Labute approximate surface area is 175 Å². The van der Waals surface area contributed by atoms with Gasteiger partial charge in [0.25, 0.3) is 0 Å². The first-order chi connectivity index (χ1) is 13.3. The van der Waals surface area contributed by atoms with Crippen molar-refractivity contribution in [1.29, 1.82) is 0 Å². The molecule has 2 bridgehead atoms. The molecule has 0 spiro atoms. The monoisotopic (exact) mass is 406 g/mol. The maximum atomic E-state index is 12.8. The van der Waals surface area contributed by atoms with Gasteiger partial charge in [0.2, 0.25) is 0 Å². The van der Waals surface area contributed by atoms with Crippen LogP contribution in [0.2, 0.25) is 0 Å². The van der Waals surface area contributed by atoms with Crippen molar-refractivity contribution in [3.63, 3.8) is 0 Å². The molecule has 3 saturated carbocycles. The smallest absolute Gasteiger partial charge is 0.331 e. The topological polar surface area (TPSA) is 61.8 Å². The van der Waals surface area contributed by atoms with Gasteiger partial charge < -0.3 is 14.2 Å². The van der Waals surface area contributed by atoms with E-state index in [4.69, 9.17) is 14.2 Å². The minimum atomic E-state index is -0.287. The van der Waals surface area contributed by atoms with Crippen LogP contribution < -0.4 is 0 Å². The summed E-state index contributed by atoms with van der Waals surface area (Å²) in [7, 11) is 0. The van der Waals surface area contributed by atoms with E-state index in [1.807, 2.05) is 0 Å². The van der Waals surface area contributed by atoms with Gasteiger partial charge >= 0.3 is 11.9 Å². The molecule has 5 nitrogen and oxygen atoms in total. The lowest BCUT2D eigenvalue weighted by molar-refractivity contribution is -0.163. The molecule has 0 heterocycles. The molecule has 3 aliphatic rings. The van der Waals surface area contributed by atoms with E-state index in [1.54, 1.807) is 6.08 Å². The molecule has 3 aliphatic carbocycles. The van der Waals surface area contributed by atoms with Gasteiger partial charge in [-0.25, -0.2) is 4.79 Å². The number of fused-ring (bicyclic) bond motifs is 2. The number of rotatable bonds is 5. The third kappa shape index (κ3) is 4.40. The molecule has 0 aromatic heterocycles. The van der Waals surface area contributed by atoms with Gasteiger partial charge in [0.05, 0.1) is 6.61 Å². The molecule has 3 fully saturated rings. The van der Waals surface area contributed by atoms with Crippen molar-refractivity contribution in [3.8, 4) is 0 Å². The van der Waals surface area contributed by atoms with E-state index < -0.39 is 0 Å². The summed E-state index contributed by atoms with van der Waals surface area (Å²) < 4.78 is 17.7. The van der Waals surface area contributed by atoms with Gasteiger partial charge in [-0.05, 0) is 36.5 Å². The first-order valence-electron chi connectivity index (χ1n) is 11.0. The highest BCUT2D eigenvalue weighted by atomic mass is 16.6. The van der Waals surface area contributed by atoms with Crippen molar-refractivity contribution in [2.45, 2.75) is 98.9 Å². The third-order valence-electron chi connectivity index (χ3n) is 7.58. The number of hydrogen-bond donors (Lipinski definition) is 0. The standard InChI is InChI=1S/C24H38O5/c1-15(25)28-17-9-8-16(12-17)13-19(26)29-20-18-10-11-24(7,23(18,5)6)21(20)27-14-22(2,3)4/h13,17-18,20-21H,8-12,14H2,1-7H3/b16-13+/t17?,18-,20-,21-,24+/m1/s1. The van der Waals surface area contributed by atoms with Crippen LogP contribution in [0.1, 0.15) is 80.6 Å². The van der Waals surface area contributed by atoms with Crippen molar-refractivity contribution in [3.05, 3.63) is 11.6 Å². The van der Waals surface area contributed by atoms with Crippen LogP contribution in [0.3, 0.4) is 0 Å². The van der Waals surface area contributed by atoms with E-state index >= 15 is 0 Å². The lowest BCUT2D eigenvalue weighted by Crippen LogP contribution is -2.44. The molecular weight excluding hydrogens is 368 g/mol. The minimum absolute atomic E-state index is 0.00872. The lowest BCUT2D eigenvalue weighted by atomic mass is 9.70. The molecule has 0 saturated heterocycles. The van der Waals surface area contributed by atoms with Crippen molar-refractivity contribution in [2.24, 2.45) is 22.2 Å². The molecule has 0 aromatic carbocycles. The molecule has 1 unspecified atom stereocenters. The van der Waals surface area contributed by atoms with Crippen molar-refractivity contribution < 1.29 is 23.8 Å². The second-order valence-electron chi connectivity index (χ2n) is 11.3. The molecule has 5 atom stereocenters. The van der Waals surface area contributed by atoms with E-state index in [0.29, 0.717) is 18.9 Å². The number of carbonyl (C=O) groups excluding carboxylic acids is 2. The fourth-order valence-corrected chi connectivity index (χ4v) is 5.63. The lowest BCUT2D eigenvalue weighted by Gasteiger charge is -2.40. The molecule has 0 amide bonds. The summed E-state index contributed by atoms with van der Waals surface area (Å²) in [5, 5.41) is 0. The molecule has 5 heteroatoms. The largest absolute Gasteiger partial charge is 0.462 e. The highest BCUT2D eigenvalue weighted by molar-refractivity contribution is 5.83. The van der Waals surface area contributed by atoms with E-state index in [-0.39, 0.29) is 46.5 Å². The first kappa shape index (κ1) is 22.3. The van der Waals surface area contributed by atoms with Gasteiger partial charge in [-0.3, -0.25) is 4.79 Å². The van der Waals surface area contributed by atoms with Gasteiger partial charge in [0, 0.05) is 30.8 Å². The van der Waals surface area contributed by atoms with Gasteiger partial charge in [-0.1, -0.05) is 47.1 Å². The van der Waals surface area contributed by atoms with E-state index in [9.17, 15) is 9.59 Å². The molecular formula is C24H38O5. The van der Waals surface area contributed by atoms with Crippen LogP contribution in [0.5, 0.6) is 0 Å². The summed E-state index contributed by atoms with van der Waals surface area (Å²) in [6, 6.07) is 0. The Morgan fingerprint density at radius 2 is 1.83 bits per heavy atom. The number of esters is 2. The average molecular weight is 407 g/mol. The third-order valence-corrected chi connectivity index (χ3v) is 7.58. The van der Waals surface area contributed by atoms with Crippen LogP contribution in [-0.2, 0) is 23.8 Å². The Hall–Kier alpha value is -1.36. The second-order valence-corrected chi connectivity index (χ2v) is 11.3. The highest BCUT2D eigenvalue weighted by Crippen LogP contribution is 2.67. The maximum Gasteiger partial charge on any atom is 0.331 e. The zero-order valence-electron chi connectivity index (χ0n) is 19.2. The van der Waals surface area contributed by atoms with Gasteiger partial charge in [-0.15, -0.1) is 0 Å². The summed E-state index contributed by atoms with van der Waals surface area (Å²) in [6.45, 7) is 15.5. The van der Waals surface area contributed by atoms with Crippen molar-refractivity contribution in [1.82, 2.24) is 0 Å². The van der Waals surface area contributed by atoms with Crippen LogP contribution in [-0.4, -0.2) is 36.9 Å². The fraction of sp³-hybridized carbons (Fsp3) is 0.833. The Bertz CT molecular complexity index is 686. The maximum absolute atomic E-state index is 12.8. The Balaban J connectivity index is 1.70. The van der Waals surface area contributed by atoms with Crippen molar-refractivity contribution in [2.75, 3.05) is 6.61 Å². The quantitative estimate of drug-likeness (QED) is 0.483. The number of carbonyl (C=O) groups is 2. The second kappa shape index (κ2) is 7.72. The van der Waals surface area contributed by atoms with Gasteiger partial charge in [0.15, 0.2) is 0 Å². The van der Waals surface area contributed by atoms with E-state index in [0.717, 1.165) is 31.3 Å². The normalized spacial score (nSPS) is 37.1. The minimum Gasteiger partial charge on any atom is -0.462 e. The van der Waals surface area contributed by atoms with E-state index in [1.165, 1.54) is 6.92 Å². The molecule has 164 valence electrons. The summed E-state index contributed by atoms with van der Waals surface area (Å²) in [4.78, 5) is 23.9. The predicted octanol–water partition coefficient (Wildman–Crippen LogP) is 4.83. The van der Waals surface area contributed by atoms with Crippen LogP contribution in [0.15, 0.2) is 11.6 Å². The van der Waals surface area contributed by atoms with Crippen LogP contribution in [0, 0.1) is 22.2 Å². The van der Waals surface area contributed by atoms with Gasteiger partial charge in [0.1, 0.15) is 18.3 Å². The summed E-state index contributed by atoms with van der Waals surface area (Å²) in [6.07, 6.45) is 5.56. The fourth-order valence-electron chi connectivity index (χ4n) is 5.63. The Kier molecular flexibility index (Phi) is 5.94. The summed E-state index contributed by atoms with van der Waals surface area (Å²) in [5.74, 6) is -0.239. The molecule has 29 heavy (non-hydrogen) atoms. The molecule has 3 rings (SSSR count). The Morgan fingerprint density at radius 1 is 1.14 bits per heavy atom. The first-order valence-corrected chi connectivity index (χ1v) is 11.0. The summed E-state index contributed by atoms with van der Waals surface area (Å²) in [5.41, 5.74) is 1.15. The average Bonchev–Trinajstić information content (AvgIpc) is 3.12. The summed E-state index contributed by atoms with van der Waals surface area (Å²) >= 11 is 0. The van der Waals surface area contributed by atoms with Crippen LogP contribution in [0.25, 0.3) is 0 Å². The predicted molar refractivity (Wildman–Crippen MR) is 111 cm³/mol. The zero-order chi connectivity index (χ0) is 21.6. The molecule has 0 aromatic rings. The highest BCUT2D eigenvalue weighted by Gasteiger charge is 2.68.